The molecule has 1 N–H and O–H groups in total. The molecule has 0 aliphatic rings. The normalized spacial score (nSPS) is 11.7. The predicted molar refractivity (Wildman–Crippen MR) is 82.9 cm³/mol. The van der Waals surface area contributed by atoms with Crippen molar-refractivity contribution in [1.29, 1.82) is 0 Å². The maximum Gasteiger partial charge on any atom is 0.166 e. The van der Waals surface area contributed by atoms with Gasteiger partial charge in [-0.15, -0.1) is 0 Å². The van der Waals surface area contributed by atoms with Gasteiger partial charge in [0.2, 0.25) is 0 Å². The quantitative estimate of drug-likeness (QED) is 0.738. The molecule has 0 amide bonds. The second-order valence-electron chi connectivity index (χ2n) is 4.88. The van der Waals surface area contributed by atoms with Crippen molar-refractivity contribution in [3.05, 3.63) is 36.4 Å². The minimum Gasteiger partial charge on any atom is -0.333 e. The van der Waals surface area contributed by atoms with E-state index in [1.807, 2.05) is 0 Å². The zero-order chi connectivity index (χ0) is 13.2. The number of hydrogen-bond donors (Lipinski definition) is 1. The molecule has 3 nitrogen and oxygen atoms in total. The lowest BCUT2D eigenvalue weighted by Crippen LogP contribution is -2.14. The van der Waals surface area contributed by atoms with E-state index in [0.29, 0.717) is 0 Å². The number of thioether (sulfide) groups is 1. The Balaban J connectivity index is 1.94. The van der Waals surface area contributed by atoms with Gasteiger partial charge in [-0.2, -0.15) is 0 Å². The fourth-order valence-electron chi connectivity index (χ4n) is 2.11. The van der Waals surface area contributed by atoms with Gasteiger partial charge in [-0.1, -0.05) is 42.1 Å². The lowest BCUT2D eigenvalue weighted by Gasteiger charge is -2.06. The van der Waals surface area contributed by atoms with Gasteiger partial charge in [0, 0.05) is 17.7 Å². The summed E-state index contributed by atoms with van der Waals surface area (Å²) in [5.74, 6) is 1.05. The Morgan fingerprint density at radius 2 is 2.00 bits per heavy atom. The van der Waals surface area contributed by atoms with Gasteiger partial charge < -0.3 is 9.88 Å². The number of hydrogen-bond acceptors (Lipinski definition) is 3. The van der Waals surface area contributed by atoms with E-state index >= 15 is 0 Å². The maximum atomic E-state index is 4.73. The molecule has 2 aromatic carbocycles. The van der Waals surface area contributed by atoms with Crippen LogP contribution in [0, 0.1) is 0 Å². The van der Waals surface area contributed by atoms with Crippen molar-refractivity contribution in [3.63, 3.8) is 0 Å². The molecule has 1 aromatic heterocycles. The van der Waals surface area contributed by atoms with Crippen LogP contribution in [0.15, 0.2) is 41.6 Å². The highest BCUT2D eigenvalue weighted by Crippen LogP contribution is 2.26. The van der Waals surface area contributed by atoms with E-state index in [2.05, 4.69) is 60.4 Å². The highest BCUT2D eigenvalue weighted by molar-refractivity contribution is 7.99. The molecule has 3 rings (SSSR count). The molecule has 0 spiro atoms. The molecule has 1 heterocycles. The first kappa shape index (κ1) is 12.5. The van der Waals surface area contributed by atoms with Gasteiger partial charge in [0.15, 0.2) is 5.16 Å². The number of rotatable bonds is 4. The lowest BCUT2D eigenvalue weighted by atomic mass is 10.1. The minimum absolute atomic E-state index is 1.01. The second-order valence-corrected chi connectivity index (χ2v) is 5.96. The van der Waals surface area contributed by atoms with Crippen molar-refractivity contribution < 1.29 is 0 Å². The molecular formula is C15H17N3S. The summed E-state index contributed by atoms with van der Waals surface area (Å²) in [7, 11) is 4.18. The molecule has 19 heavy (non-hydrogen) atoms. The number of nitrogens with zero attached hydrogens (tertiary/aromatic N) is 2. The van der Waals surface area contributed by atoms with Crippen molar-refractivity contribution in [2.75, 3.05) is 26.4 Å². The van der Waals surface area contributed by atoms with Crippen LogP contribution in [0.2, 0.25) is 0 Å². The molecule has 0 saturated carbocycles. The fourth-order valence-corrected chi connectivity index (χ4v) is 3.10. The Morgan fingerprint density at radius 1 is 1.16 bits per heavy atom. The number of aromatic nitrogens is 2. The second kappa shape index (κ2) is 5.23. The summed E-state index contributed by atoms with van der Waals surface area (Å²) >= 11 is 1.77. The molecule has 3 aromatic rings. The standard InChI is InChI=1S/C15H17N3S/c1-18(2)9-10-19-15-16-13-8-7-11-5-3-4-6-12(11)14(13)17-15/h3-8H,9-10H2,1-2H3,(H,16,17). The smallest absolute Gasteiger partial charge is 0.166 e. The van der Waals surface area contributed by atoms with E-state index in [-0.39, 0.29) is 0 Å². The summed E-state index contributed by atoms with van der Waals surface area (Å²) in [6.07, 6.45) is 0. The Bertz CT molecular complexity index is 703. The van der Waals surface area contributed by atoms with Gasteiger partial charge in [-0.05, 0) is 25.5 Å². The Labute approximate surface area is 117 Å². The van der Waals surface area contributed by atoms with Crippen LogP contribution in [-0.4, -0.2) is 41.3 Å². The number of benzene rings is 2. The van der Waals surface area contributed by atoms with E-state index in [9.17, 15) is 0 Å². The number of H-pyrrole nitrogens is 1. The average Bonchev–Trinajstić information content (AvgIpc) is 2.81. The highest BCUT2D eigenvalue weighted by Gasteiger charge is 2.06. The molecule has 0 bridgehead atoms. The van der Waals surface area contributed by atoms with E-state index in [1.165, 1.54) is 10.8 Å². The first-order valence-electron chi connectivity index (χ1n) is 6.39. The third-order valence-electron chi connectivity index (χ3n) is 3.13. The zero-order valence-corrected chi connectivity index (χ0v) is 12.0. The van der Waals surface area contributed by atoms with Crippen LogP contribution in [0.1, 0.15) is 0 Å². The van der Waals surface area contributed by atoms with Crippen molar-refractivity contribution >= 4 is 33.6 Å². The summed E-state index contributed by atoms with van der Waals surface area (Å²) in [6.45, 7) is 1.06. The van der Waals surface area contributed by atoms with Gasteiger partial charge in [-0.25, -0.2) is 4.98 Å². The Hall–Kier alpha value is -1.52. The van der Waals surface area contributed by atoms with Crippen LogP contribution >= 0.6 is 11.8 Å². The zero-order valence-electron chi connectivity index (χ0n) is 11.2. The Kier molecular flexibility index (Phi) is 3.44. The molecule has 0 atom stereocenters. The van der Waals surface area contributed by atoms with Crippen LogP contribution in [0.5, 0.6) is 0 Å². The predicted octanol–water partition coefficient (Wildman–Crippen LogP) is 3.37. The van der Waals surface area contributed by atoms with Crippen molar-refractivity contribution in [3.8, 4) is 0 Å². The summed E-state index contributed by atoms with van der Waals surface area (Å²) in [4.78, 5) is 10.3. The first-order chi connectivity index (χ1) is 9.24. The van der Waals surface area contributed by atoms with Gasteiger partial charge in [0.05, 0.1) is 11.0 Å². The number of nitrogens with one attached hydrogen (secondary N) is 1. The van der Waals surface area contributed by atoms with E-state index in [4.69, 9.17) is 4.98 Å². The summed E-state index contributed by atoms with van der Waals surface area (Å²) in [5, 5.41) is 3.47. The fraction of sp³-hybridized carbons (Fsp3) is 0.267. The third kappa shape index (κ3) is 2.60. The molecule has 0 fully saturated rings. The monoisotopic (exact) mass is 271 g/mol. The van der Waals surface area contributed by atoms with Crippen LogP contribution < -0.4 is 0 Å². The molecule has 0 unspecified atom stereocenters. The summed E-state index contributed by atoms with van der Waals surface area (Å²) in [6, 6.07) is 12.6. The van der Waals surface area contributed by atoms with Crippen LogP contribution in [0.25, 0.3) is 21.8 Å². The lowest BCUT2D eigenvalue weighted by molar-refractivity contribution is 0.437. The molecule has 0 aliphatic carbocycles. The number of fused-ring (bicyclic) bond motifs is 3. The SMILES string of the molecule is CN(C)CCSc1nc2c(ccc3ccccc32)[nH]1. The van der Waals surface area contributed by atoms with Crippen molar-refractivity contribution in [1.82, 2.24) is 14.9 Å². The third-order valence-corrected chi connectivity index (χ3v) is 3.99. The molecular weight excluding hydrogens is 254 g/mol. The van der Waals surface area contributed by atoms with Crippen molar-refractivity contribution in [2.45, 2.75) is 5.16 Å². The van der Waals surface area contributed by atoms with Crippen LogP contribution in [0.3, 0.4) is 0 Å². The largest absolute Gasteiger partial charge is 0.333 e. The Morgan fingerprint density at radius 3 is 2.84 bits per heavy atom. The van der Waals surface area contributed by atoms with Gasteiger partial charge in [0.25, 0.3) is 0 Å². The van der Waals surface area contributed by atoms with Gasteiger partial charge >= 0.3 is 0 Å². The molecule has 0 aliphatic heterocycles. The minimum atomic E-state index is 1.01. The van der Waals surface area contributed by atoms with E-state index in [1.54, 1.807) is 11.8 Å². The first-order valence-corrected chi connectivity index (χ1v) is 7.37. The highest BCUT2D eigenvalue weighted by atomic mass is 32.2. The molecule has 4 heteroatoms. The van der Waals surface area contributed by atoms with E-state index in [0.717, 1.165) is 28.5 Å². The maximum absolute atomic E-state index is 4.73. The van der Waals surface area contributed by atoms with Gasteiger partial charge in [-0.3, -0.25) is 0 Å². The van der Waals surface area contributed by atoms with E-state index < -0.39 is 0 Å². The van der Waals surface area contributed by atoms with Crippen molar-refractivity contribution in [2.24, 2.45) is 0 Å². The number of imidazole rings is 1. The summed E-state index contributed by atoms with van der Waals surface area (Å²) < 4.78 is 0. The topological polar surface area (TPSA) is 31.9 Å². The number of aromatic amines is 1. The molecule has 98 valence electrons. The molecule has 0 saturated heterocycles. The average molecular weight is 271 g/mol. The van der Waals surface area contributed by atoms with Crippen LogP contribution in [0.4, 0.5) is 0 Å². The molecule has 0 radical (unpaired) electrons. The van der Waals surface area contributed by atoms with Gasteiger partial charge in [0.1, 0.15) is 0 Å². The summed E-state index contributed by atoms with van der Waals surface area (Å²) in [5.41, 5.74) is 2.19. The van der Waals surface area contributed by atoms with Crippen LogP contribution in [-0.2, 0) is 0 Å².